The molecule has 0 aromatic rings. The maximum absolute atomic E-state index is 9.46. The summed E-state index contributed by atoms with van der Waals surface area (Å²) in [6.07, 6.45) is -2.31. The van der Waals surface area contributed by atoms with Crippen LogP contribution in [-0.4, -0.2) is 45.0 Å². The van der Waals surface area contributed by atoms with Crippen molar-refractivity contribution < 1.29 is 36.8 Å². The van der Waals surface area contributed by atoms with Gasteiger partial charge in [-0.25, -0.2) is 0 Å². The highest BCUT2D eigenvalue weighted by molar-refractivity contribution is 4.44. The first kappa shape index (κ1) is 15.8. The van der Waals surface area contributed by atoms with Gasteiger partial charge in [0.15, 0.2) is 18.7 Å². The topological polar surface area (TPSA) is 60.7 Å². The Morgan fingerprint density at radius 2 is 1.15 bits per heavy atom. The summed E-state index contributed by atoms with van der Waals surface area (Å²) in [6, 6.07) is 0. The summed E-state index contributed by atoms with van der Waals surface area (Å²) in [6.45, 7) is 7.04. The van der Waals surface area contributed by atoms with Crippen molar-refractivity contribution in [2.75, 3.05) is 6.54 Å². The fraction of sp³-hybridized carbons (Fsp3) is 1.00. The first-order valence-electron chi connectivity index (χ1n) is 4.30. The van der Waals surface area contributed by atoms with Gasteiger partial charge in [0.1, 0.15) is 0 Å². The Bertz CT molecular complexity index is 118. The molecule has 0 saturated heterocycles. The van der Waals surface area contributed by atoms with Crippen LogP contribution in [0.15, 0.2) is 0 Å². The molecule has 4 nitrogen and oxygen atoms in total. The van der Waals surface area contributed by atoms with Crippen LogP contribution in [0.4, 0.5) is 0 Å². The van der Waals surface area contributed by atoms with Crippen LogP contribution in [0.3, 0.4) is 0 Å². The van der Waals surface area contributed by atoms with E-state index in [9.17, 15) is 15.3 Å². The average molecular weight is 258 g/mol. The molecule has 82 valence electrons. The Hall–Kier alpha value is 0.320. The molecular weight excluding hydrogens is 238 g/mol. The van der Waals surface area contributed by atoms with Crippen molar-refractivity contribution in [1.29, 1.82) is 0 Å². The van der Waals surface area contributed by atoms with Crippen LogP contribution in [0.5, 0.6) is 0 Å². The van der Waals surface area contributed by atoms with Gasteiger partial charge in [0.25, 0.3) is 0 Å². The normalized spacial score (nSPS) is 22.4. The van der Waals surface area contributed by atoms with Crippen LogP contribution in [-0.2, 0) is 0 Å². The molecule has 0 spiro atoms. The number of nitrogens with zero attached hydrogens (tertiary/aromatic N) is 1. The van der Waals surface area contributed by atoms with E-state index in [2.05, 4.69) is 0 Å². The predicted molar refractivity (Wildman–Crippen MR) is 45.8 cm³/mol. The van der Waals surface area contributed by atoms with E-state index < -0.39 is 18.7 Å². The van der Waals surface area contributed by atoms with Gasteiger partial charge in [-0.05, 0) is 6.92 Å². The smallest absolute Gasteiger partial charge is 0.191 e. The Balaban J connectivity index is 0. The molecule has 0 saturated carbocycles. The second kappa shape index (κ2) is 5.93. The molecule has 3 N–H and O–H groups in total. The van der Waals surface area contributed by atoms with Gasteiger partial charge in [0.2, 0.25) is 0 Å². The molecule has 3 atom stereocenters. The minimum Gasteiger partial charge on any atom is -1.00 e. The van der Waals surface area contributed by atoms with Gasteiger partial charge in [0, 0.05) is 20.8 Å². The van der Waals surface area contributed by atoms with Gasteiger partial charge in [-0.2, -0.15) is 0 Å². The highest BCUT2D eigenvalue weighted by Gasteiger charge is 2.40. The highest BCUT2D eigenvalue weighted by Crippen LogP contribution is 2.19. The molecule has 0 bridgehead atoms. The van der Waals surface area contributed by atoms with E-state index in [1.807, 2.05) is 6.92 Å². The summed E-state index contributed by atoms with van der Waals surface area (Å²) < 4.78 is -0.0972. The van der Waals surface area contributed by atoms with Crippen molar-refractivity contribution in [1.82, 2.24) is 0 Å². The third kappa shape index (κ3) is 2.89. The van der Waals surface area contributed by atoms with Crippen molar-refractivity contribution in [2.45, 2.75) is 46.4 Å². The molecule has 0 rings (SSSR count). The molecule has 13 heavy (non-hydrogen) atoms. The van der Waals surface area contributed by atoms with E-state index in [0.29, 0.717) is 6.54 Å². The molecular formula is C8H20BrNO3. The molecule has 0 aliphatic heterocycles. The summed E-state index contributed by atoms with van der Waals surface area (Å²) in [5.74, 6) is 0. The van der Waals surface area contributed by atoms with Crippen molar-refractivity contribution in [2.24, 2.45) is 0 Å². The minimum absolute atomic E-state index is 0. The molecule has 5 heteroatoms. The fourth-order valence-corrected chi connectivity index (χ4v) is 1.73. The van der Waals surface area contributed by atoms with Crippen LogP contribution in [0.1, 0.15) is 27.7 Å². The molecule has 0 heterocycles. The summed E-state index contributed by atoms with van der Waals surface area (Å²) in [7, 11) is 0. The molecule has 0 aromatic carbocycles. The van der Waals surface area contributed by atoms with Gasteiger partial charge in [-0.1, -0.05) is 0 Å². The summed E-state index contributed by atoms with van der Waals surface area (Å²) in [5, 5.41) is 28.4. The lowest BCUT2D eigenvalue weighted by Crippen LogP contribution is -3.00. The largest absolute Gasteiger partial charge is 1.00 e. The zero-order chi connectivity index (χ0) is 9.94. The highest BCUT2D eigenvalue weighted by atomic mass is 79.9. The standard InChI is InChI=1S/C8H20NO3.BrH/c1-5-9(6(2)10,7(3)11)8(4)12;/h6-8,10-12H,5H2,1-4H3;1H/q+1;/p-1. The number of halogens is 1. The Kier molecular flexibility index (Phi) is 7.19. The van der Waals surface area contributed by atoms with E-state index in [1.165, 1.54) is 0 Å². The number of rotatable bonds is 4. The van der Waals surface area contributed by atoms with E-state index in [4.69, 9.17) is 0 Å². The maximum Gasteiger partial charge on any atom is 0.191 e. The minimum atomic E-state index is -0.769. The lowest BCUT2D eigenvalue weighted by molar-refractivity contribution is -1.04. The van der Waals surface area contributed by atoms with Crippen molar-refractivity contribution in [3.8, 4) is 0 Å². The average Bonchev–Trinajstić information content (AvgIpc) is 1.86. The summed E-state index contributed by atoms with van der Waals surface area (Å²) in [4.78, 5) is 0. The molecule has 0 fully saturated rings. The lowest BCUT2D eigenvalue weighted by atomic mass is 10.2. The second-order valence-electron chi connectivity index (χ2n) is 3.21. The first-order valence-corrected chi connectivity index (χ1v) is 4.30. The fourth-order valence-electron chi connectivity index (χ4n) is 1.73. The molecule has 0 aliphatic rings. The van der Waals surface area contributed by atoms with Crippen LogP contribution in [0.2, 0.25) is 0 Å². The lowest BCUT2D eigenvalue weighted by Gasteiger charge is -2.44. The van der Waals surface area contributed by atoms with Crippen LogP contribution in [0, 0.1) is 0 Å². The number of aliphatic hydroxyl groups excluding tert-OH is 3. The Labute approximate surface area is 90.2 Å². The third-order valence-electron chi connectivity index (χ3n) is 2.63. The van der Waals surface area contributed by atoms with E-state index >= 15 is 0 Å². The number of hydrogen-bond acceptors (Lipinski definition) is 3. The quantitative estimate of drug-likeness (QED) is 0.368. The van der Waals surface area contributed by atoms with E-state index in [-0.39, 0.29) is 21.5 Å². The number of quaternary nitrogens is 1. The van der Waals surface area contributed by atoms with Gasteiger partial charge < -0.3 is 32.3 Å². The van der Waals surface area contributed by atoms with Gasteiger partial charge in [-0.15, -0.1) is 0 Å². The Morgan fingerprint density at radius 3 is 1.15 bits per heavy atom. The van der Waals surface area contributed by atoms with E-state index in [0.717, 1.165) is 0 Å². The monoisotopic (exact) mass is 257 g/mol. The maximum atomic E-state index is 9.46. The van der Waals surface area contributed by atoms with E-state index in [1.54, 1.807) is 20.8 Å². The molecule has 0 aliphatic carbocycles. The second-order valence-corrected chi connectivity index (χ2v) is 3.21. The first-order chi connectivity index (χ1) is 5.39. The van der Waals surface area contributed by atoms with Gasteiger partial charge in [-0.3, -0.25) is 4.48 Å². The van der Waals surface area contributed by atoms with Crippen LogP contribution >= 0.6 is 0 Å². The van der Waals surface area contributed by atoms with Crippen LogP contribution in [0.25, 0.3) is 0 Å². The van der Waals surface area contributed by atoms with Crippen molar-refractivity contribution in [3.05, 3.63) is 0 Å². The zero-order valence-electron chi connectivity index (χ0n) is 8.61. The summed E-state index contributed by atoms with van der Waals surface area (Å²) >= 11 is 0. The van der Waals surface area contributed by atoms with Gasteiger partial charge >= 0.3 is 0 Å². The van der Waals surface area contributed by atoms with Crippen LogP contribution < -0.4 is 17.0 Å². The predicted octanol–water partition coefficient (Wildman–Crippen LogP) is -3.16. The van der Waals surface area contributed by atoms with Crippen molar-refractivity contribution >= 4 is 0 Å². The summed E-state index contributed by atoms with van der Waals surface area (Å²) in [5.41, 5.74) is 0. The van der Waals surface area contributed by atoms with Gasteiger partial charge in [0.05, 0.1) is 6.54 Å². The SMILES string of the molecule is CC[N+](C(C)O)(C(C)O)C(C)O.[Br-]. The number of hydrogen-bond donors (Lipinski definition) is 3. The third-order valence-corrected chi connectivity index (χ3v) is 2.63. The Morgan fingerprint density at radius 1 is 0.923 bits per heavy atom. The zero-order valence-corrected chi connectivity index (χ0v) is 10.2. The molecule has 0 amide bonds. The molecule has 3 unspecified atom stereocenters. The molecule has 0 radical (unpaired) electrons. The van der Waals surface area contributed by atoms with Crippen molar-refractivity contribution in [3.63, 3.8) is 0 Å². The number of aliphatic hydroxyl groups is 3. The molecule has 0 aromatic heterocycles.